The van der Waals surface area contributed by atoms with Crippen molar-refractivity contribution in [2.24, 2.45) is 0 Å². The molecule has 80 valence electrons. The van der Waals surface area contributed by atoms with Crippen molar-refractivity contribution < 1.29 is 4.79 Å². The van der Waals surface area contributed by atoms with Crippen LogP contribution in [0.3, 0.4) is 0 Å². The lowest BCUT2D eigenvalue weighted by Gasteiger charge is -2.24. The Morgan fingerprint density at radius 1 is 1.60 bits per heavy atom. The molecule has 0 unspecified atom stereocenters. The van der Waals surface area contributed by atoms with Crippen molar-refractivity contribution in [2.75, 3.05) is 6.54 Å². The third-order valence-electron chi connectivity index (χ3n) is 2.89. The summed E-state index contributed by atoms with van der Waals surface area (Å²) in [7, 11) is 0. The summed E-state index contributed by atoms with van der Waals surface area (Å²) in [4.78, 5) is 16.1. The van der Waals surface area contributed by atoms with E-state index in [1.807, 2.05) is 10.8 Å². The Morgan fingerprint density at radius 3 is 3.27 bits per heavy atom. The number of rotatable bonds is 2. The number of nitrogens with zero attached hydrogens (tertiary/aromatic N) is 2. The van der Waals surface area contributed by atoms with Gasteiger partial charge in [0.25, 0.3) is 0 Å². The van der Waals surface area contributed by atoms with Crippen LogP contribution in [0.25, 0.3) is 0 Å². The van der Waals surface area contributed by atoms with Gasteiger partial charge in [-0.3, -0.25) is 10.1 Å². The third-order valence-corrected chi connectivity index (χ3v) is 2.89. The van der Waals surface area contributed by atoms with Crippen molar-refractivity contribution in [3.8, 4) is 0 Å². The molecule has 15 heavy (non-hydrogen) atoms. The van der Waals surface area contributed by atoms with Crippen LogP contribution in [0, 0.1) is 0 Å². The van der Waals surface area contributed by atoms with Gasteiger partial charge in [-0.05, 0) is 12.8 Å². The Kier molecular flexibility index (Phi) is 1.98. The van der Waals surface area contributed by atoms with Crippen molar-refractivity contribution in [3.63, 3.8) is 0 Å². The minimum absolute atomic E-state index is 0.0599. The number of hydrogen-bond donors (Lipinski definition) is 2. The molecule has 1 aliphatic carbocycles. The SMILES string of the molecule is O=C(NC1CC1)[C@@H]1NCCn2ccnc21. The van der Waals surface area contributed by atoms with Crippen molar-refractivity contribution in [1.82, 2.24) is 20.2 Å². The summed E-state index contributed by atoms with van der Waals surface area (Å²) in [6.07, 6.45) is 5.91. The molecule has 5 heteroatoms. The predicted molar refractivity (Wildman–Crippen MR) is 54.1 cm³/mol. The quantitative estimate of drug-likeness (QED) is 0.705. The Morgan fingerprint density at radius 2 is 2.47 bits per heavy atom. The zero-order valence-corrected chi connectivity index (χ0v) is 8.44. The summed E-state index contributed by atoms with van der Waals surface area (Å²) in [5, 5.41) is 6.20. The van der Waals surface area contributed by atoms with Gasteiger partial charge < -0.3 is 9.88 Å². The number of amides is 1. The highest BCUT2D eigenvalue weighted by atomic mass is 16.2. The first-order valence-electron chi connectivity index (χ1n) is 5.39. The molecule has 1 fully saturated rings. The molecular formula is C10H14N4O. The van der Waals surface area contributed by atoms with Crippen molar-refractivity contribution in [3.05, 3.63) is 18.2 Å². The van der Waals surface area contributed by atoms with Crippen LogP contribution in [0.15, 0.2) is 12.4 Å². The largest absolute Gasteiger partial charge is 0.352 e. The molecule has 2 heterocycles. The van der Waals surface area contributed by atoms with Gasteiger partial charge in [0.2, 0.25) is 5.91 Å². The van der Waals surface area contributed by atoms with E-state index in [1.54, 1.807) is 6.20 Å². The first-order chi connectivity index (χ1) is 7.34. The van der Waals surface area contributed by atoms with Crippen LogP contribution in [0.5, 0.6) is 0 Å². The summed E-state index contributed by atoms with van der Waals surface area (Å²) in [5.74, 6) is 0.893. The fraction of sp³-hybridized carbons (Fsp3) is 0.600. The maximum atomic E-state index is 11.9. The minimum atomic E-state index is -0.269. The number of aromatic nitrogens is 2. The van der Waals surface area contributed by atoms with Crippen molar-refractivity contribution in [2.45, 2.75) is 31.5 Å². The number of hydrogen-bond acceptors (Lipinski definition) is 3. The highest BCUT2D eigenvalue weighted by Crippen LogP contribution is 2.21. The van der Waals surface area contributed by atoms with Crippen molar-refractivity contribution >= 4 is 5.91 Å². The Labute approximate surface area is 87.9 Å². The van der Waals surface area contributed by atoms with Crippen LogP contribution in [-0.4, -0.2) is 28.0 Å². The smallest absolute Gasteiger partial charge is 0.245 e. The van der Waals surface area contributed by atoms with Crippen LogP contribution in [0.1, 0.15) is 24.7 Å². The number of nitrogens with one attached hydrogen (secondary N) is 2. The van der Waals surface area contributed by atoms with Gasteiger partial charge in [-0.25, -0.2) is 4.98 Å². The van der Waals surface area contributed by atoms with Gasteiger partial charge in [-0.1, -0.05) is 0 Å². The van der Waals surface area contributed by atoms with E-state index in [0.717, 1.165) is 31.8 Å². The van der Waals surface area contributed by atoms with Crippen LogP contribution in [0.4, 0.5) is 0 Å². The van der Waals surface area contributed by atoms with E-state index in [2.05, 4.69) is 15.6 Å². The average Bonchev–Trinajstić information content (AvgIpc) is 2.93. The molecule has 1 aromatic rings. The molecule has 0 bridgehead atoms. The second-order valence-electron chi connectivity index (χ2n) is 4.15. The molecule has 1 atom stereocenters. The Bertz CT molecular complexity index is 383. The summed E-state index contributed by atoms with van der Waals surface area (Å²) in [6.45, 7) is 1.72. The molecule has 2 N–H and O–H groups in total. The summed E-state index contributed by atoms with van der Waals surface area (Å²) in [5.41, 5.74) is 0. The zero-order valence-electron chi connectivity index (χ0n) is 8.44. The predicted octanol–water partition coefficient (Wildman–Crippen LogP) is -0.194. The normalized spacial score (nSPS) is 24.7. The number of imidazole rings is 1. The number of fused-ring (bicyclic) bond motifs is 1. The number of carbonyl (C=O) groups excluding carboxylic acids is 1. The van der Waals surface area contributed by atoms with Crippen LogP contribution in [0.2, 0.25) is 0 Å². The molecular weight excluding hydrogens is 192 g/mol. The van der Waals surface area contributed by atoms with E-state index in [4.69, 9.17) is 0 Å². The molecule has 0 saturated heterocycles. The van der Waals surface area contributed by atoms with E-state index < -0.39 is 0 Å². The lowest BCUT2D eigenvalue weighted by atomic mass is 10.2. The molecule has 5 nitrogen and oxygen atoms in total. The van der Waals surface area contributed by atoms with E-state index >= 15 is 0 Å². The maximum absolute atomic E-state index is 11.9. The minimum Gasteiger partial charge on any atom is -0.352 e. The van der Waals surface area contributed by atoms with E-state index in [9.17, 15) is 4.79 Å². The topological polar surface area (TPSA) is 59.0 Å². The molecule has 3 rings (SSSR count). The van der Waals surface area contributed by atoms with E-state index in [1.165, 1.54) is 0 Å². The third kappa shape index (κ3) is 1.63. The lowest BCUT2D eigenvalue weighted by Crippen LogP contribution is -2.44. The van der Waals surface area contributed by atoms with E-state index in [-0.39, 0.29) is 11.9 Å². The molecule has 1 aromatic heterocycles. The molecule has 0 aromatic carbocycles. The summed E-state index contributed by atoms with van der Waals surface area (Å²) < 4.78 is 2.04. The Balaban J connectivity index is 1.79. The molecule has 2 aliphatic rings. The molecule has 0 radical (unpaired) electrons. The summed E-state index contributed by atoms with van der Waals surface area (Å²) in [6, 6.07) is 0.138. The van der Waals surface area contributed by atoms with Gasteiger partial charge in [-0.15, -0.1) is 0 Å². The monoisotopic (exact) mass is 206 g/mol. The second-order valence-corrected chi connectivity index (χ2v) is 4.15. The number of carbonyl (C=O) groups is 1. The van der Waals surface area contributed by atoms with E-state index in [0.29, 0.717) is 6.04 Å². The van der Waals surface area contributed by atoms with Gasteiger partial charge in [-0.2, -0.15) is 0 Å². The molecule has 1 amide bonds. The van der Waals surface area contributed by atoms with Crippen molar-refractivity contribution in [1.29, 1.82) is 0 Å². The first kappa shape index (κ1) is 8.91. The molecule has 1 aliphatic heterocycles. The standard InChI is InChI=1S/C10H14N4O/c15-10(13-7-1-2-7)8-9-12-4-6-14(9)5-3-11-8/h4,6-8,11H,1-3,5H2,(H,13,15)/t8-/m1/s1. The molecule has 1 saturated carbocycles. The fourth-order valence-corrected chi connectivity index (χ4v) is 1.91. The molecule has 0 spiro atoms. The van der Waals surface area contributed by atoms with Gasteiger partial charge in [0, 0.05) is 31.5 Å². The maximum Gasteiger partial charge on any atom is 0.245 e. The average molecular weight is 206 g/mol. The fourth-order valence-electron chi connectivity index (χ4n) is 1.91. The summed E-state index contributed by atoms with van der Waals surface area (Å²) >= 11 is 0. The first-order valence-corrected chi connectivity index (χ1v) is 5.39. The Hall–Kier alpha value is -1.36. The highest BCUT2D eigenvalue weighted by molar-refractivity contribution is 5.83. The van der Waals surface area contributed by atoms with Gasteiger partial charge in [0.05, 0.1) is 0 Å². The van der Waals surface area contributed by atoms with Gasteiger partial charge in [0.15, 0.2) is 0 Å². The lowest BCUT2D eigenvalue weighted by molar-refractivity contribution is -0.123. The van der Waals surface area contributed by atoms with Gasteiger partial charge in [0.1, 0.15) is 11.9 Å². The zero-order chi connectivity index (χ0) is 10.3. The van der Waals surface area contributed by atoms with Gasteiger partial charge >= 0.3 is 0 Å². The second kappa shape index (κ2) is 3.34. The highest BCUT2D eigenvalue weighted by Gasteiger charge is 2.31. The van der Waals surface area contributed by atoms with Crippen LogP contribution >= 0.6 is 0 Å². The van der Waals surface area contributed by atoms with Crippen LogP contribution < -0.4 is 10.6 Å². The van der Waals surface area contributed by atoms with Crippen LogP contribution in [-0.2, 0) is 11.3 Å².